The predicted molar refractivity (Wildman–Crippen MR) is 245 cm³/mol. The molecule has 0 bridgehead atoms. The van der Waals surface area contributed by atoms with Gasteiger partial charge in [-0.3, -0.25) is 49.1 Å². The first kappa shape index (κ1) is 52.2. The van der Waals surface area contributed by atoms with E-state index in [1.807, 2.05) is 0 Å². The van der Waals surface area contributed by atoms with Crippen molar-refractivity contribution in [3.8, 4) is 0 Å². The maximum atomic E-state index is 13.5. The molecular formula is C43H70N8O12S3. The minimum absolute atomic E-state index is 0.0328. The lowest BCUT2D eigenvalue weighted by molar-refractivity contribution is -0.151. The number of sulfonamides is 1. The van der Waals surface area contributed by atoms with Crippen LogP contribution in [0.1, 0.15) is 109 Å². The Hall–Kier alpha value is -3.22. The molecule has 20 nitrogen and oxygen atoms in total. The average molecular weight is 987 g/mol. The number of imide groups is 2. The number of hydrogen-bond donors (Lipinski definition) is 6. The van der Waals surface area contributed by atoms with E-state index in [2.05, 4.69) is 31.9 Å². The number of hydrogen-bond acceptors (Lipinski definition) is 15. The van der Waals surface area contributed by atoms with Crippen LogP contribution in [0.4, 0.5) is 0 Å². The fourth-order valence-corrected chi connectivity index (χ4v) is 13.8. The molecule has 6 aliphatic rings. The van der Waals surface area contributed by atoms with Crippen molar-refractivity contribution >= 4 is 73.0 Å². The van der Waals surface area contributed by atoms with Crippen molar-refractivity contribution < 1.29 is 55.1 Å². The zero-order chi connectivity index (χ0) is 47.4. The Morgan fingerprint density at radius 1 is 0.864 bits per heavy atom. The molecule has 7 unspecified atom stereocenters. The number of nitrogens with zero attached hydrogens (tertiary/aromatic N) is 2. The Morgan fingerprint density at radius 3 is 2.38 bits per heavy atom. The van der Waals surface area contributed by atoms with Crippen LogP contribution in [0.2, 0.25) is 0 Å². The second-order valence-corrected chi connectivity index (χ2v) is 24.2. The lowest BCUT2D eigenvalue weighted by Gasteiger charge is -2.31. The second kappa shape index (κ2) is 24.4. The molecule has 6 fully saturated rings. The molecule has 4 aliphatic heterocycles. The Kier molecular flexibility index (Phi) is 19.3. The van der Waals surface area contributed by atoms with Gasteiger partial charge in [-0.2, -0.15) is 0 Å². The molecule has 6 rings (SSSR count). The molecule has 372 valence electrons. The molecule has 4 heterocycles. The number of unbranched alkanes of at least 4 members (excludes halogenated alkanes) is 1. The molecule has 23 heteroatoms. The number of thioether (sulfide) groups is 1. The van der Waals surface area contributed by atoms with E-state index in [1.165, 1.54) is 36.4 Å². The average Bonchev–Trinajstić information content (AvgIpc) is 4.03. The van der Waals surface area contributed by atoms with Crippen LogP contribution in [0, 0.1) is 23.7 Å². The van der Waals surface area contributed by atoms with Gasteiger partial charge in [-0.05, 0) is 83.1 Å². The van der Waals surface area contributed by atoms with Crippen molar-refractivity contribution in [3.05, 3.63) is 0 Å². The van der Waals surface area contributed by atoms with Crippen LogP contribution in [0.15, 0.2) is 0 Å². The van der Waals surface area contributed by atoms with E-state index in [1.54, 1.807) is 11.8 Å². The van der Waals surface area contributed by atoms with Crippen LogP contribution in [0.25, 0.3) is 0 Å². The summed E-state index contributed by atoms with van der Waals surface area (Å²) in [5, 5.41) is 17.8. The zero-order valence-corrected chi connectivity index (χ0v) is 40.5. The normalized spacial score (nSPS) is 28.3. The number of amides is 7. The molecule has 66 heavy (non-hydrogen) atoms. The van der Waals surface area contributed by atoms with E-state index >= 15 is 0 Å². The standard InChI is InChI=1S/C43H70N8O12S3/c1-65(59,60)50-21-17-29(26-50)38(54)46-32(39(55)49-43-47-33(27-64-43)28-10-3-2-4-11-28)18-23-63-22-8-14-35(52)45-19-5-6-24-66(61,62)25-9-20-44-31-13-7-12-30-37(31)42(58)51(41(30)57)34-15-16-36(53)48-40(34)56/h28-34,37,43-44,47H,2-27H2,1H3,(H,45,52)(H,46,54)(H,49,55)(H,48,53,56)/t29?,30?,31?,32-,33?,34?,37?,43?/m0/s1. The Bertz CT molecular complexity index is 1990. The topological polar surface area (TPSA) is 276 Å². The van der Waals surface area contributed by atoms with Crippen molar-refractivity contribution in [2.45, 2.75) is 139 Å². The van der Waals surface area contributed by atoms with Crippen LogP contribution in [0.5, 0.6) is 0 Å². The highest BCUT2D eigenvalue weighted by Gasteiger charge is 2.55. The van der Waals surface area contributed by atoms with Crippen LogP contribution in [0.3, 0.4) is 0 Å². The van der Waals surface area contributed by atoms with Gasteiger partial charge in [0, 0.05) is 63.5 Å². The largest absolute Gasteiger partial charge is 0.381 e. The highest BCUT2D eigenvalue weighted by Crippen LogP contribution is 2.40. The number of likely N-dealkylation sites (tertiary alicyclic amines) is 1. The molecule has 4 saturated heterocycles. The number of carbonyl (C=O) groups excluding carboxylic acids is 7. The molecule has 7 amide bonds. The van der Waals surface area contributed by atoms with Gasteiger partial charge in [0.25, 0.3) is 0 Å². The number of sulfone groups is 1. The number of ether oxygens (including phenoxy) is 1. The number of piperidine rings is 1. The molecule has 0 aromatic carbocycles. The second-order valence-electron chi connectivity index (χ2n) is 18.8. The third kappa shape index (κ3) is 14.6. The van der Waals surface area contributed by atoms with E-state index in [9.17, 15) is 50.4 Å². The van der Waals surface area contributed by atoms with Crippen LogP contribution >= 0.6 is 11.8 Å². The van der Waals surface area contributed by atoms with Gasteiger partial charge in [-0.15, -0.1) is 11.8 Å². The summed E-state index contributed by atoms with van der Waals surface area (Å²) in [6.45, 7) is 1.36. The predicted octanol–water partition coefficient (Wildman–Crippen LogP) is -0.125. The summed E-state index contributed by atoms with van der Waals surface area (Å²) in [6.07, 6.45) is 11.6. The smallest absolute Gasteiger partial charge is 0.249 e. The Balaban J connectivity index is 0.829. The molecule has 6 N–H and O–H groups in total. The summed E-state index contributed by atoms with van der Waals surface area (Å²) < 4.78 is 56.6. The Labute approximate surface area is 393 Å². The van der Waals surface area contributed by atoms with Crippen LogP contribution < -0.4 is 31.9 Å². The quantitative estimate of drug-likeness (QED) is 0.0544. The summed E-state index contributed by atoms with van der Waals surface area (Å²) in [6, 6.07) is -1.88. The number of rotatable bonds is 24. The summed E-state index contributed by atoms with van der Waals surface area (Å²) in [7, 11) is -6.81. The summed E-state index contributed by atoms with van der Waals surface area (Å²) in [5.41, 5.74) is -0.282. The molecule has 0 radical (unpaired) electrons. The zero-order valence-electron chi connectivity index (χ0n) is 38.1. The van der Waals surface area contributed by atoms with E-state index < -0.39 is 67.4 Å². The van der Waals surface area contributed by atoms with Crippen molar-refractivity contribution in [1.82, 2.24) is 41.1 Å². The minimum atomic E-state index is -3.44. The van der Waals surface area contributed by atoms with Crippen molar-refractivity contribution in [1.29, 1.82) is 0 Å². The highest BCUT2D eigenvalue weighted by atomic mass is 32.2. The van der Waals surface area contributed by atoms with E-state index in [-0.39, 0.29) is 98.7 Å². The minimum Gasteiger partial charge on any atom is -0.381 e. The molecule has 0 spiro atoms. The van der Waals surface area contributed by atoms with Gasteiger partial charge in [-0.25, -0.2) is 21.1 Å². The SMILES string of the molecule is CS(=O)(=O)N1CCC(C(=O)N[C@@H](CCOCCCC(=O)NCCCCS(=O)(=O)CCCNC2CCCC3C(=O)N(C4CCC(=O)NC4=O)C(=O)C23)C(=O)NC2NC(C3CCCCC3)CS2)C1. The van der Waals surface area contributed by atoms with Crippen molar-refractivity contribution in [2.75, 3.05) is 62.9 Å². The first-order valence-electron chi connectivity index (χ1n) is 23.9. The highest BCUT2D eigenvalue weighted by molar-refractivity contribution is 8.00. The van der Waals surface area contributed by atoms with Gasteiger partial charge in [-0.1, -0.05) is 25.7 Å². The number of carbonyl (C=O) groups is 7. The maximum Gasteiger partial charge on any atom is 0.249 e. The van der Waals surface area contributed by atoms with Gasteiger partial charge in [0.05, 0.1) is 35.5 Å². The molecule has 8 atom stereocenters. The maximum absolute atomic E-state index is 13.5. The van der Waals surface area contributed by atoms with E-state index in [0.29, 0.717) is 76.4 Å². The lowest BCUT2D eigenvalue weighted by Crippen LogP contribution is -2.55. The fraction of sp³-hybridized carbons (Fsp3) is 0.837. The molecule has 0 aromatic rings. The first-order valence-corrected chi connectivity index (χ1v) is 28.6. The number of fused-ring (bicyclic) bond motifs is 1. The van der Waals surface area contributed by atoms with Gasteiger partial charge in [0.1, 0.15) is 27.4 Å². The molecule has 2 aliphatic carbocycles. The van der Waals surface area contributed by atoms with E-state index in [4.69, 9.17) is 4.74 Å². The third-order valence-corrected chi connectivity index (χ3v) is 18.1. The fourth-order valence-electron chi connectivity index (χ4n) is 10.2. The molecule has 2 saturated carbocycles. The molecule has 0 aromatic heterocycles. The van der Waals surface area contributed by atoms with Gasteiger partial charge < -0.3 is 26.0 Å². The number of nitrogens with one attached hydrogen (secondary N) is 6. The van der Waals surface area contributed by atoms with Crippen LogP contribution in [-0.4, -0.2) is 160 Å². The first-order chi connectivity index (χ1) is 31.5. The summed E-state index contributed by atoms with van der Waals surface area (Å²) in [5.74, 6) is -3.13. The summed E-state index contributed by atoms with van der Waals surface area (Å²) >= 11 is 1.64. The van der Waals surface area contributed by atoms with Crippen molar-refractivity contribution in [3.63, 3.8) is 0 Å². The van der Waals surface area contributed by atoms with Gasteiger partial charge >= 0.3 is 0 Å². The van der Waals surface area contributed by atoms with Gasteiger partial charge in [0.2, 0.25) is 51.4 Å². The van der Waals surface area contributed by atoms with Crippen molar-refractivity contribution in [2.24, 2.45) is 23.7 Å². The molecular weight excluding hydrogens is 917 g/mol. The van der Waals surface area contributed by atoms with Gasteiger partial charge in [0.15, 0.2) is 0 Å². The third-order valence-electron chi connectivity index (χ3n) is 13.9. The Morgan fingerprint density at radius 2 is 1.64 bits per heavy atom. The van der Waals surface area contributed by atoms with E-state index in [0.717, 1.165) is 16.9 Å². The van der Waals surface area contributed by atoms with Crippen LogP contribution in [-0.2, 0) is 58.2 Å². The monoisotopic (exact) mass is 986 g/mol. The lowest BCUT2D eigenvalue weighted by atomic mass is 9.77. The summed E-state index contributed by atoms with van der Waals surface area (Å²) in [4.78, 5) is 91.0.